The van der Waals surface area contributed by atoms with Crippen molar-refractivity contribution >= 4 is 22.4 Å². The molecule has 1 aromatic carbocycles. The number of aryl methyl sites for hydroxylation is 2. The van der Waals surface area contributed by atoms with E-state index in [1.165, 1.54) is 12.7 Å². The number of methoxy groups -OCH3 is 1. The van der Waals surface area contributed by atoms with E-state index in [4.69, 9.17) is 0 Å². The van der Waals surface area contributed by atoms with E-state index in [2.05, 4.69) is 53.2 Å². The van der Waals surface area contributed by atoms with Crippen molar-refractivity contribution in [3.63, 3.8) is 0 Å². The lowest BCUT2D eigenvalue weighted by atomic mass is 10.1. The van der Waals surface area contributed by atoms with E-state index >= 15 is 0 Å². The van der Waals surface area contributed by atoms with Crippen molar-refractivity contribution < 1.29 is 9.53 Å². The number of nitrogens with one attached hydrogen (secondary N) is 1. The van der Waals surface area contributed by atoms with Crippen LogP contribution in [0.25, 0.3) is 11.3 Å². The SMILES string of the molecule is COC(=O)CCNc1nc(-c2ccc(C)cc2)c(C)s1. The molecule has 2 aromatic rings. The number of thiazole rings is 1. The average molecular weight is 290 g/mol. The third-order valence-electron chi connectivity index (χ3n) is 2.95. The number of anilines is 1. The molecule has 0 unspecified atom stereocenters. The van der Waals surface area contributed by atoms with Gasteiger partial charge in [0.1, 0.15) is 0 Å². The van der Waals surface area contributed by atoms with Crippen LogP contribution in [-0.2, 0) is 9.53 Å². The first kappa shape index (κ1) is 14.5. The highest BCUT2D eigenvalue weighted by atomic mass is 32.1. The molecule has 106 valence electrons. The number of carbonyl (C=O) groups is 1. The molecule has 0 aliphatic heterocycles. The molecule has 0 radical (unpaired) electrons. The van der Waals surface area contributed by atoms with E-state index in [-0.39, 0.29) is 5.97 Å². The second kappa shape index (κ2) is 6.52. The molecule has 0 aliphatic carbocycles. The Labute approximate surface area is 122 Å². The molecule has 0 saturated carbocycles. The van der Waals surface area contributed by atoms with Crippen LogP contribution in [0.4, 0.5) is 5.13 Å². The Morgan fingerprint density at radius 2 is 2.00 bits per heavy atom. The first-order valence-corrected chi connectivity index (χ1v) is 7.27. The Morgan fingerprint density at radius 3 is 2.65 bits per heavy atom. The first-order chi connectivity index (χ1) is 9.60. The van der Waals surface area contributed by atoms with Gasteiger partial charge in [0.05, 0.1) is 19.2 Å². The minimum atomic E-state index is -0.218. The molecule has 2 rings (SSSR count). The molecule has 0 fully saturated rings. The molecule has 0 spiro atoms. The zero-order valence-electron chi connectivity index (χ0n) is 11.9. The Morgan fingerprint density at radius 1 is 1.30 bits per heavy atom. The van der Waals surface area contributed by atoms with Gasteiger partial charge in [-0.1, -0.05) is 29.8 Å². The highest BCUT2D eigenvalue weighted by Crippen LogP contribution is 2.30. The normalized spacial score (nSPS) is 10.3. The standard InChI is InChI=1S/C15H18N2O2S/c1-10-4-6-12(7-5-10)14-11(2)20-15(17-14)16-9-8-13(18)19-3/h4-7H,8-9H2,1-3H3,(H,16,17). The summed E-state index contributed by atoms with van der Waals surface area (Å²) in [6.45, 7) is 4.66. The lowest BCUT2D eigenvalue weighted by Crippen LogP contribution is -2.09. The van der Waals surface area contributed by atoms with Crippen molar-refractivity contribution in [2.45, 2.75) is 20.3 Å². The van der Waals surface area contributed by atoms with Crippen LogP contribution in [0, 0.1) is 13.8 Å². The van der Waals surface area contributed by atoms with E-state index in [9.17, 15) is 4.79 Å². The number of aromatic nitrogens is 1. The molecule has 1 N–H and O–H groups in total. The van der Waals surface area contributed by atoms with Crippen LogP contribution >= 0.6 is 11.3 Å². The van der Waals surface area contributed by atoms with Gasteiger partial charge in [0, 0.05) is 17.0 Å². The van der Waals surface area contributed by atoms with Gasteiger partial charge in [0.25, 0.3) is 0 Å². The zero-order chi connectivity index (χ0) is 14.5. The van der Waals surface area contributed by atoms with Crippen molar-refractivity contribution in [3.8, 4) is 11.3 Å². The number of rotatable bonds is 5. The molecular formula is C15H18N2O2S. The largest absolute Gasteiger partial charge is 0.469 e. The van der Waals surface area contributed by atoms with Crippen molar-refractivity contribution in [1.29, 1.82) is 0 Å². The van der Waals surface area contributed by atoms with Crippen LogP contribution in [-0.4, -0.2) is 24.6 Å². The van der Waals surface area contributed by atoms with Crippen molar-refractivity contribution in [3.05, 3.63) is 34.7 Å². The fourth-order valence-corrected chi connectivity index (χ4v) is 2.69. The molecule has 0 aliphatic rings. The maximum absolute atomic E-state index is 11.0. The predicted molar refractivity (Wildman–Crippen MR) is 82.1 cm³/mol. The minimum absolute atomic E-state index is 0.218. The number of benzene rings is 1. The average Bonchev–Trinajstić information content (AvgIpc) is 2.80. The van der Waals surface area contributed by atoms with E-state index in [0.717, 1.165) is 21.3 Å². The molecule has 0 amide bonds. The predicted octanol–water partition coefficient (Wildman–Crippen LogP) is 3.40. The summed E-state index contributed by atoms with van der Waals surface area (Å²) in [6, 6.07) is 8.32. The molecular weight excluding hydrogens is 272 g/mol. The van der Waals surface area contributed by atoms with Gasteiger partial charge < -0.3 is 10.1 Å². The van der Waals surface area contributed by atoms with Gasteiger partial charge in [-0.3, -0.25) is 4.79 Å². The van der Waals surface area contributed by atoms with Gasteiger partial charge >= 0.3 is 5.97 Å². The topological polar surface area (TPSA) is 51.2 Å². The molecule has 5 heteroatoms. The monoisotopic (exact) mass is 290 g/mol. The number of ether oxygens (including phenoxy) is 1. The molecule has 1 aromatic heterocycles. The summed E-state index contributed by atoms with van der Waals surface area (Å²) in [6.07, 6.45) is 0.342. The van der Waals surface area contributed by atoms with E-state index in [1.807, 2.05) is 0 Å². The molecule has 0 bridgehead atoms. The van der Waals surface area contributed by atoms with Crippen LogP contribution in [0.15, 0.2) is 24.3 Å². The summed E-state index contributed by atoms with van der Waals surface area (Å²) in [5, 5.41) is 3.99. The maximum Gasteiger partial charge on any atom is 0.307 e. The summed E-state index contributed by atoms with van der Waals surface area (Å²) >= 11 is 1.60. The quantitative estimate of drug-likeness (QED) is 0.857. The fraction of sp³-hybridized carbons (Fsp3) is 0.333. The minimum Gasteiger partial charge on any atom is -0.469 e. The molecule has 4 nitrogen and oxygen atoms in total. The van der Waals surface area contributed by atoms with Gasteiger partial charge in [-0.25, -0.2) is 4.98 Å². The Kier molecular flexibility index (Phi) is 4.74. The lowest BCUT2D eigenvalue weighted by Gasteiger charge is -2.01. The smallest absolute Gasteiger partial charge is 0.307 e. The van der Waals surface area contributed by atoms with Crippen molar-refractivity contribution in [2.24, 2.45) is 0 Å². The van der Waals surface area contributed by atoms with Crippen LogP contribution in [0.5, 0.6) is 0 Å². The van der Waals surface area contributed by atoms with Gasteiger partial charge in [0.15, 0.2) is 5.13 Å². The summed E-state index contributed by atoms with van der Waals surface area (Å²) in [4.78, 5) is 16.8. The van der Waals surface area contributed by atoms with Gasteiger partial charge in [-0.15, -0.1) is 11.3 Å². The molecule has 20 heavy (non-hydrogen) atoms. The Balaban J connectivity index is 2.05. The number of carbonyl (C=O) groups excluding carboxylic acids is 1. The summed E-state index contributed by atoms with van der Waals surface area (Å²) in [7, 11) is 1.39. The van der Waals surface area contributed by atoms with Crippen LogP contribution in [0.1, 0.15) is 16.9 Å². The highest BCUT2D eigenvalue weighted by molar-refractivity contribution is 7.16. The Bertz CT molecular complexity index is 590. The molecule has 1 heterocycles. The lowest BCUT2D eigenvalue weighted by molar-refractivity contribution is -0.140. The maximum atomic E-state index is 11.0. The highest BCUT2D eigenvalue weighted by Gasteiger charge is 2.10. The second-order valence-corrected chi connectivity index (χ2v) is 5.75. The number of hydrogen-bond donors (Lipinski definition) is 1. The number of esters is 1. The van der Waals surface area contributed by atoms with Crippen LogP contribution in [0.2, 0.25) is 0 Å². The van der Waals surface area contributed by atoms with Gasteiger partial charge in [0.2, 0.25) is 0 Å². The summed E-state index contributed by atoms with van der Waals surface area (Å²) < 4.78 is 4.60. The van der Waals surface area contributed by atoms with Crippen LogP contribution < -0.4 is 5.32 Å². The summed E-state index contributed by atoms with van der Waals surface area (Å²) in [5.41, 5.74) is 3.35. The molecule has 0 atom stereocenters. The second-order valence-electron chi connectivity index (χ2n) is 4.54. The fourth-order valence-electron chi connectivity index (χ4n) is 1.82. The third kappa shape index (κ3) is 3.57. The van der Waals surface area contributed by atoms with E-state index < -0.39 is 0 Å². The van der Waals surface area contributed by atoms with E-state index in [0.29, 0.717) is 13.0 Å². The van der Waals surface area contributed by atoms with Crippen molar-refractivity contribution in [2.75, 3.05) is 19.0 Å². The van der Waals surface area contributed by atoms with E-state index in [1.54, 1.807) is 11.3 Å². The van der Waals surface area contributed by atoms with Crippen molar-refractivity contribution in [1.82, 2.24) is 4.98 Å². The number of nitrogens with zero attached hydrogens (tertiary/aromatic N) is 1. The Hall–Kier alpha value is -1.88. The zero-order valence-corrected chi connectivity index (χ0v) is 12.7. The summed E-state index contributed by atoms with van der Waals surface area (Å²) in [5.74, 6) is -0.218. The van der Waals surface area contributed by atoms with Crippen LogP contribution in [0.3, 0.4) is 0 Å². The van der Waals surface area contributed by atoms with Gasteiger partial charge in [-0.05, 0) is 13.8 Å². The molecule has 0 saturated heterocycles. The first-order valence-electron chi connectivity index (χ1n) is 6.45. The third-order valence-corrected chi connectivity index (χ3v) is 3.88. The number of hydrogen-bond acceptors (Lipinski definition) is 5. The van der Waals surface area contributed by atoms with Gasteiger partial charge in [-0.2, -0.15) is 0 Å².